The highest BCUT2D eigenvalue weighted by Gasteiger charge is 2.43. The van der Waals surface area contributed by atoms with Gasteiger partial charge in [-0.3, -0.25) is 4.98 Å². The third kappa shape index (κ3) is 2.07. The van der Waals surface area contributed by atoms with E-state index in [0.717, 1.165) is 30.9 Å². The molecule has 0 aliphatic carbocycles. The lowest BCUT2D eigenvalue weighted by Crippen LogP contribution is -2.38. The number of hydrogen-bond donors (Lipinski definition) is 1. The maximum atomic E-state index is 11.2. The number of fused-ring (bicyclic) bond motifs is 1. The van der Waals surface area contributed by atoms with Crippen LogP contribution in [0.25, 0.3) is 0 Å². The molecule has 1 N–H and O–H groups in total. The van der Waals surface area contributed by atoms with Crippen molar-refractivity contribution in [3.8, 4) is 5.75 Å². The molecule has 0 saturated carbocycles. The van der Waals surface area contributed by atoms with Crippen LogP contribution in [0.4, 0.5) is 10.5 Å². The summed E-state index contributed by atoms with van der Waals surface area (Å²) in [5.74, 6) is 1.16. The van der Waals surface area contributed by atoms with Crippen LogP contribution in [0.2, 0.25) is 0 Å². The lowest BCUT2D eigenvalue weighted by molar-refractivity contribution is 0.140. The van der Waals surface area contributed by atoms with Crippen LogP contribution in [0.5, 0.6) is 5.75 Å². The first-order valence-electron chi connectivity index (χ1n) is 6.42. The third-order valence-electron chi connectivity index (χ3n) is 4.09. The largest absolute Gasteiger partial charge is 0.495 e. The summed E-state index contributed by atoms with van der Waals surface area (Å²) in [6, 6.07) is 2.06. The molecule has 3 rings (SSSR count). The van der Waals surface area contributed by atoms with Gasteiger partial charge in [0.25, 0.3) is 0 Å². The Morgan fingerprint density at radius 3 is 3.05 bits per heavy atom. The van der Waals surface area contributed by atoms with Crippen molar-refractivity contribution in [3.05, 3.63) is 18.5 Å². The Morgan fingerprint density at radius 1 is 1.47 bits per heavy atom. The Morgan fingerprint density at radius 2 is 2.32 bits per heavy atom. The number of pyridine rings is 1. The minimum atomic E-state index is -0.807. The molecule has 102 valence electrons. The first kappa shape index (κ1) is 12.1. The van der Waals surface area contributed by atoms with Crippen LogP contribution in [0.15, 0.2) is 18.5 Å². The fourth-order valence-electron chi connectivity index (χ4n) is 3.10. The topological polar surface area (TPSA) is 65.9 Å². The van der Waals surface area contributed by atoms with Crippen LogP contribution >= 0.6 is 0 Å². The smallest absolute Gasteiger partial charge is 0.407 e. The number of methoxy groups -OCH3 is 1. The zero-order valence-electron chi connectivity index (χ0n) is 10.8. The molecule has 1 amide bonds. The summed E-state index contributed by atoms with van der Waals surface area (Å²) >= 11 is 0. The molecular formula is C13H17N3O3. The van der Waals surface area contributed by atoms with Crippen LogP contribution in [0.1, 0.15) is 6.42 Å². The number of carboxylic acid groups (broad SMARTS) is 1. The molecule has 1 aromatic heterocycles. The van der Waals surface area contributed by atoms with E-state index < -0.39 is 6.09 Å². The number of nitrogens with zero attached hydrogens (tertiary/aromatic N) is 3. The van der Waals surface area contributed by atoms with Crippen LogP contribution in [-0.4, -0.2) is 53.9 Å². The van der Waals surface area contributed by atoms with Crippen molar-refractivity contribution in [3.63, 3.8) is 0 Å². The average Bonchev–Trinajstić information content (AvgIpc) is 2.98. The van der Waals surface area contributed by atoms with Crippen molar-refractivity contribution >= 4 is 11.8 Å². The van der Waals surface area contributed by atoms with Crippen LogP contribution in [0.3, 0.4) is 0 Å². The number of amides is 1. The molecule has 2 atom stereocenters. The van der Waals surface area contributed by atoms with E-state index >= 15 is 0 Å². The summed E-state index contributed by atoms with van der Waals surface area (Å²) in [6.07, 6.45) is 3.61. The van der Waals surface area contributed by atoms with E-state index in [9.17, 15) is 9.90 Å². The molecule has 2 saturated heterocycles. The summed E-state index contributed by atoms with van der Waals surface area (Å²) in [5, 5.41) is 9.17. The second-order valence-electron chi connectivity index (χ2n) is 5.08. The standard InChI is InChI=1S/C13H17N3O3/c1-19-11-4-10(5-14-6-11)15-7-9-2-3-16(13(17)18)12(9)8-15/h4-6,9,12H,2-3,7-8H2,1H3,(H,17,18)/t9-,12+/m0/s1. The average molecular weight is 263 g/mol. The minimum absolute atomic E-state index is 0.115. The van der Waals surface area contributed by atoms with Gasteiger partial charge >= 0.3 is 6.09 Å². The van der Waals surface area contributed by atoms with E-state index in [1.165, 1.54) is 0 Å². The quantitative estimate of drug-likeness (QED) is 0.870. The molecule has 2 aliphatic rings. The maximum Gasteiger partial charge on any atom is 0.407 e. The maximum absolute atomic E-state index is 11.2. The lowest BCUT2D eigenvalue weighted by Gasteiger charge is -2.23. The molecule has 6 nitrogen and oxygen atoms in total. The van der Waals surface area contributed by atoms with Gasteiger partial charge in [-0.1, -0.05) is 0 Å². The van der Waals surface area contributed by atoms with Gasteiger partial charge in [-0.05, 0) is 6.42 Å². The Labute approximate surface area is 111 Å². The fraction of sp³-hybridized carbons (Fsp3) is 0.538. The molecule has 2 aliphatic heterocycles. The summed E-state index contributed by atoms with van der Waals surface area (Å²) in [4.78, 5) is 19.1. The number of hydrogen-bond acceptors (Lipinski definition) is 4. The van der Waals surface area contributed by atoms with Crippen molar-refractivity contribution in [2.24, 2.45) is 5.92 Å². The van der Waals surface area contributed by atoms with Crippen LogP contribution in [-0.2, 0) is 0 Å². The SMILES string of the molecule is COc1cncc(N2C[C@@H]3CCN(C(=O)O)[C@@H]3C2)c1. The third-order valence-corrected chi connectivity index (χ3v) is 4.09. The number of rotatable bonds is 2. The van der Waals surface area contributed by atoms with Crippen LogP contribution < -0.4 is 9.64 Å². The lowest BCUT2D eigenvalue weighted by atomic mass is 10.1. The van der Waals surface area contributed by atoms with Gasteiger partial charge in [-0.25, -0.2) is 4.79 Å². The summed E-state index contributed by atoms with van der Waals surface area (Å²) in [7, 11) is 1.62. The highest BCUT2D eigenvalue weighted by atomic mass is 16.5. The normalized spacial score (nSPS) is 25.5. The van der Waals surface area contributed by atoms with Gasteiger partial charge in [-0.15, -0.1) is 0 Å². The number of likely N-dealkylation sites (tertiary alicyclic amines) is 1. The number of aromatic nitrogens is 1. The van der Waals surface area contributed by atoms with Gasteiger partial charge in [0.2, 0.25) is 0 Å². The van der Waals surface area contributed by atoms with Crippen molar-refractivity contribution in [2.45, 2.75) is 12.5 Å². The summed E-state index contributed by atoms with van der Waals surface area (Å²) in [5.41, 5.74) is 0.999. The number of ether oxygens (including phenoxy) is 1. The Bertz CT molecular complexity index is 494. The minimum Gasteiger partial charge on any atom is -0.495 e. The zero-order valence-corrected chi connectivity index (χ0v) is 10.8. The predicted molar refractivity (Wildman–Crippen MR) is 69.6 cm³/mol. The molecule has 0 unspecified atom stereocenters. The molecule has 0 bridgehead atoms. The molecule has 3 heterocycles. The van der Waals surface area contributed by atoms with Gasteiger partial charge < -0.3 is 19.6 Å². The van der Waals surface area contributed by atoms with E-state index in [1.54, 1.807) is 24.4 Å². The molecule has 2 fully saturated rings. The van der Waals surface area contributed by atoms with Crippen LogP contribution in [0, 0.1) is 5.92 Å². The first-order valence-corrected chi connectivity index (χ1v) is 6.42. The van der Waals surface area contributed by atoms with E-state index in [2.05, 4.69) is 9.88 Å². The summed E-state index contributed by atoms with van der Waals surface area (Å²) < 4.78 is 5.17. The highest BCUT2D eigenvalue weighted by molar-refractivity contribution is 5.66. The van der Waals surface area contributed by atoms with E-state index in [-0.39, 0.29) is 6.04 Å². The second kappa shape index (κ2) is 4.60. The summed E-state index contributed by atoms with van der Waals surface area (Å²) in [6.45, 7) is 2.30. The molecule has 0 aromatic carbocycles. The van der Waals surface area contributed by atoms with E-state index in [1.807, 2.05) is 6.07 Å². The highest BCUT2D eigenvalue weighted by Crippen LogP contribution is 2.34. The van der Waals surface area contributed by atoms with Gasteiger partial charge in [0.1, 0.15) is 5.75 Å². The Balaban J connectivity index is 1.77. The van der Waals surface area contributed by atoms with Crippen molar-refractivity contribution in [1.29, 1.82) is 0 Å². The Hall–Kier alpha value is -1.98. The Kier molecular flexibility index (Phi) is 2.93. The van der Waals surface area contributed by atoms with E-state index in [4.69, 9.17) is 4.74 Å². The molecule has 6 heteroatoms. The van der Waals surface area contributed by atoms with E-state index in [0.29, 0.717) is 12.5 Å². The molecule has 0 spiro atoms. The molecule has 19 heavy (non-hydrogen) atoms. The van der Waals surface area contributed by atoms with Gasteiger partial charge in [0.05, 0.1) is 31.2 Å². The number of anilines is 1. The van der Waals surface area contributed by atoms with Crippen molar-refractivity contribution < 1.29 is 14.6 Å². The first-order chi connectivity index (χ1) is 9.19. The predicted octanol–water partition coefficient (Wildman–Crippen LogP) is 1.28. The van der Waals surface area contributed by atoms with Gasteiger partial charge in [0.15, 0.2) is 0 Å². The van der Waals surface area contributed by atoms with Gasteiger partial charge in [-0.2, -0.15) is 0 Å². The number of carbonyl (C=O) groups is 1. The van der Waals surface area contributed by atoms with Crippen molar-refractivity contribution in [1.82, 2.24) is 9.88 Å². The molecule has 1 aromatic rings. The monoisotopic (exact) mass is 263 g/mol. The molecule has 0 radical (unpaired) electrons. The zero-order chi connectivity index (χ0) is 13.4. The molecular weight excluding hydrogens is 246 g/mol. The fourth-order valence-corrected chi connectivity index (χ4v) is 3.10. The van der Waals surface area contributed by atoms with Gasteiger partial charge in [0, 0.05) is 31.6 Å². The second-order valence-corrected chi connectivity index (χ2v) is 5.08. The van der Waals surface area contributed by atoms with Crippen molar-refractivity contribution in [2.75, 3.05) is 31.6 Å².